The van der Waals surface area contributed by atoms with E-state index >= 15 is 0 Å². The minimum absolute atomic E-state index is 0.00326. The number of ether oxygens (including phenoxy) is 1. The molecule has 166 valence electrons. The van der Waals surface area contributed by atoms with Gasteiger partial charge in [-0.15, -0.1) is 0 Å². The highest BCUT2D eigenvalue weighted by atomic mass is 19.1. The molecule has 2 aromatic carbocycles. The number of rotatable bonds is 5. The van der Waals surface area contributed by atoms with Crippen molar-refractivity contribution < 1.29 is 13.9 Å². The highest BCUT2D eigenvalue weighted by Gasteiger charge is 2.24. The van der Waals surface area contributed by atoms with Gasteiger partial charge < -0.3 is 20.3 Å². The second-order valence-electron chi connectivity index (χ2n) is 8.42. The molecule has 5 rings (SSSR count). The van der Waals surface area contributed by atoms with E-state index in [0.29, 0.717) is 18.9 Å². The minimum Gasteiger partial charge on any atom is -0.491 e. The molecule has 1 aromatic heterocycles. The molecule has 3 heterocycles. The maximum atomic E-state index is 13.4. The first-order valence-corrected chi connectivity index (χ1v) is 10.8. The maximum Gasteiger partial charge on any atom is 0.238 e. The lowest BCUT2D eigenvalue weighted by atomic mass is 10.1. The number of fused-ring (bicyclic) bond motifs is 2. The molecular formula is C24H26FN5O2. The highest BCUT2D eigenvalue weighted by Crippen LogP contribution is 2.35. The summed E-state index contributed by atoms with van der Waals surface area (Å²) >= 11 is 0. The summed E-state index contributed by atoms with van der Waals surface area (Å²) in [5.41, 5.74) is 2.51. The normalized spacial score (nSPS) is 18.9. The Morgan fingerprint density at radius 1 is 1.12 bits per heavy atom. The zero-order valence-electron chi connectivity index (χ0n) is 18.0. The zero-order valence-corrected chi connectivity index (χ0v) is 18.0. The van der Waals surface area contributed by atoms with Crippen LogP contribution in [0.5, 0.6) is 5.75 Å². The Labute approximate surface area is 186 Å². The number of anilines is 2. The highest BCUT2D eigenvalue weighted by molar-refractivity contribution is 5.95. The summed E-state index contributed by atoms with van der Waals surface area (Å²) in [4.78, 5) is 21.6. The third-order valence-corrected chi connectivity index (χ3v) is 6.01. The lowest BCUT2D eigenvalue weighted by Gasteiger charge is -2.31. The Morgan fingerprint density at radius 3 is 2.81 bits per heavy atom. The molecule has 32 heavy (non-hydrogen) atoms. The number of halogens is 1. The van der Waals surface area contributed by atoms with E-state index in [4.69, 9.17) is 4.74 Å². The number of likely N-dealkylation sites (N-methyl/N-ethyl adjacent to an activating group) is 1. The quantitative estimate of drug-likeness (QED) is 0.642. The number of amides is 1. The molecule has 1 atom stereocenters. The molecule has 1 fully saturated rings. The van der Waals surface area contributed by atoms with Crippen molar-refractivity contribution in [3.63, 3.8) is 0 Å². The molecular weight excluding hydrogens is 409 g/mol. The summed E-state index contributed by atoms with van der Waals surface area (Å²) in [5.74, 6) is 0.978. The SMILES string of the molecule is CN1CCN(CC(=O)Nc2ccc3nc(NC4COc5cc(F)ccc54)ccc3c2)CC1. The van der Waals surface area contributed by atoms with E-state index in [1.807, 2.05) is 30.3 Å². The van der Waals surface area contributed by atoms with Gasteiger partial charge in [0.15, 0.2) is 0 Å². The van der Waals surface area contributed by atoms with Crippen LogP contribution in [-0.2, 0) is 4.79 Å². The van der Waals surface area contributed by atoms with Crippen molar-refractivity contribution in [2.45, 2.75) is 6.04 Å². The second kappa shape index (κ2) is 8.72. The number of nitrogens with zero attached hydrogens (tertiary/aromatic N) is 3. The van der Waals surface area contributed by atoms with Crippen molar-refractivity contribution >= 4 is 28.3 Å². The van der Waals surface area contributed by atoms with E-state index in [9.17, 15) is 9.18 Å². The van der Waals surface area contributed by atoms with Crippen LogP contribution in [0.15, 0.2) is 48.5 Å². The molecule has 0 bridgehead atoms. The number of carbonyl (C=O) groups is 1. The summed E-state index contributed by atoms with van der Waals surface area (Å²) in [6.07, 6.45) is 0. The van der Waals surface area contributed by atoms with Gasteiger partial charge in [-0.1, -0.05) is 6.07 Å². The van der Waals surface area contributed by atoms with Gasteiger partial charge in [-0.3, -0.25) is 9.69 Å². The van der Waals surface area contributed by atoms with Crippen molar-refractivity contribution in [2.75, 3.05) is 57.0 Å². The molecule has 2 N–H and O–H groups in total. The van der Waals surface area contributed by atoms with Gasteiger partial charge in [0.1, 0.15) is 24.0 Å². The molecule has 3 aromatic rings. The number of aromatic nitrogens is 1. The van der Waals surface area contributed by atoms with E-state index < -0.39 is 0 Å². The molecule has 0 saturated carbocycles. The molecule has 2 aliphatic rings. The van der Waals surface area contributed by atoms with E-state index in [2.05, 4.69) is 32.5 Å². The van der Waals surface area contributed by atoms with Crippen LogP contribution in [0.2, 0.25) is 0 Å². The van der Waals surface area contributed by atoms with Crippen molar-refractivity contribution in [2.24, 2.45) is 0 Å². The fourth-order valence-corrected chi connectivity index (χ4v) is 4.18. The number of hydrogen-bond acceptors (Lipinski definition) is 6. The topological polar surface area (TPSA) is 69.7 Å². The lowest BCUT2D eigenvalue weighted by molar-refractivity contribution is -0.117. The largest absolute Gasteiger partial charge is 0.491 e. The van der Waals surface area contributed by atoms with E-state index in [-0.39, 0.29) is 17.8 Å². The number of benzene rings is 2. The van der Waals surface area contributed by atoms with E-state index in [1.54, 1.807) is 6.07 Å². The Hall–Kier alpha value is -3.23. The second-order valence-corrected chi connectivity index (χ2v) is 8.42. The van der Waals surface area contributed by atoms with Crippen LogP contribution in [0.1, 0.15) is 11.6 Å². The number of piperazine rings is 1. The fraction of sp³-hybridized carbons (Fsp3) is 0.333. The number of nitrogens with one attached hydrogen (secondary N) is 2. The Bertz CT molecular complexity index is 1150. The first kappa shape index (κ1) is 20.7. The summed E-state index contributed by atoms with van der Waals surface area (Å²) in [7, 11) is 2.10. The van der Waals surface area contributed by atoms with Gasteiger partial charge >= 0.3 is 0 Å². The van der Waals surface area contributed by atoms with Gasteiger partial charge in [-0.05, 0) is 43.4 Å². The van der Waals surface area contributed by atoms with Crippen LogP contribution >= 0.6 is 0 Å². The summed E-state index contributed by atoms with van der Waals surface area (Å²) in [6, 6.07) is 14.1. The first-order valence-electron chi connectivity index (χ1n) is 10.8. The van der Waals surface area contributed by atoms with Crippen LogP contribution in [0, 0.1) is 5.82 Å². The van der Waals surface area contributed by atoms with Crippen LogP contribution in [0.3, 0.4) is 0 Å². The fourth-order valence-electron chi connectivity index (χ4n) is 4.18. The van der Waals surface area contributed by atoms with E-state index in [0.717, 1.165) is 54.2 Å². The minimum atomic E-state index is -0.306. The van der Waals surface area contributed by atoms with Crippen molar-refractivity contribution in [3.05, 3.63) is 59.9 Å². The van der Waals surface area contributed by atoms with Gasteiger partial charge in [0.2, 0.25) is 5.91 Å². The summed E-state index contributed by atoms with van der Waals surface area (Å²) in [5, 5.41) is 7.31. The maximum absolute atomic E-state index is 13.4. The number of pyridine rings is 1. The zero-order chi connectivity index (χ0) is 22.1. The number of carbonyl (C=O) groups excluding carboxylic acids is 1. The Balaban J connectivity index is 1.23. The Kier molecular flexibility index (Phi) is 5.63. The third-order valence-electron chi connectivity index (χ3n) is 6.01. The predicted molar refractivity (Wildman–Crippen MR) is 123 cm³/mol. The van der Waals surface area contributed by atoms with Gasteiger partial charge in [-0.2, -0.15) is 0 Å². The van der Waals surface area contributed by atoms with Gasteiger partial charge in [0.25, 0.3) is 0 Å². The van der Waals surface area contributed by atoms with Gasteiger partial charge in [-0.25, -0.2) is 9.37 Å². The average molecular weight is 436 g/mol. The van der Waals surface area contributed by atoms with Crippen LogP contribution in [0.25, 0.3) is 10.9 Å². The average Bonchev–Trinajstić information content (AvgIpc) is 3.17. The molecule has 0 aliphatic carbocycles. The van der Waals surface area contributed by atoms with Crippen LogP contribution < -0.4 is 15.4 Å². The molecule has 0 radical (unpaired) electrons. The molecule has 1 amide bonds. The molecule has 1 saturated heterocycles. The van der Waals surface area contributed by atoms with Gasteiger partial charge in [0, 0.05) is 48.9 Å². The standard InChI is InChI=1S/C24H26FN5O2/c1-29-8-10-30(11-9-29)14-24(31)26-18-4-6-20-16(12-18)2-7-23(27-20)28-21-15-32-22-13-17(25)3-5-19(21)22/h2-7,12-13,21H,8-11,14-15H2,1H3,(H,26,31)(H,27,28). The van der Waals surface area contributed by atoms with Crippen LogP contribution in [0.4, 0.5) is 15.9 Å². The van der Waals surface area contributed by atoms with Crippen molar-refractivity contribution in [1.29, 1.82) is 0 Å². The molecule has 7 nitrogen and oxygen atoms in total. The Morgan fingerprint density at radius 2 is 1.97 bits per heavy atom. The lowest BCUT2D eigenvalue weighted by Crippen LogP contribution is -2.47. The van der Waals surface area contributed by atoms with Crippen molar-refractivity contribution in [1.82, 2.24) is 14.8 Å². The van der Waals surface area contributed by atoms with Gasteiger partial charge in [0.05, 0.1) is 18.1 Å². The summed E-state index contributed by atoms with van der Waals surface area (Å²) < 4.78 is 19.0. The molecule has 8 heteroatoms. The predicted octanol–water partition coefficient (Wildman–Crippen LogP) is 3.11. The molecule has 0 spiro atoms. The summed E-state index contributed by atoms with van der Waals surface area (Å²) in [6.45, 7) is 4.62. The monoisotopic (exact) mass is 435 g/mol. The molecule has 2 aliphatic heterocycles. The first-order chi connectivity index (χ1) is 15.5. The van der Waals surface area contributed by atoms with Crippen molar-refractivity contribution in [3.8, 4) is 5.75 Å². The third kappa shape index (κ3) is 4.51. The number of hydrogen-bond donors (Lipinski definition) is 2. The van der Waals surface area contributed by atoms with Crippen LogP contribution in [-0.4, -0.2) is 67.1 Å². The van der Waals surface area contributed by atoms with E-state index in [1.165, 1.54) is 12.1 Å². The molecule has 1 unspecified atom stereocenters. The smallest absolute Gasteiger partial charge is 0.238 e.